The molecule has 0 bridgehead atoms. The van der Waals surface area contributed by atoms with E-state index in [1.165, 1.54) is 44.4 Å². The summed E-state index contributed by atoms with van der Waals surface area (Å²) in [5.74, 6) is -0.385. The van der Waals surface area contributed by atoms with Crippen molar-refractivity contribution in [3.8, 4) is 28.0 Å². The maximum absolute atomic E-state index is 14.6. The number of hydrogen-bond donors (Lipinski definition) is 0. The van der Waals surface area contributed by atoms with Crippen molar-refractivity contribution < 1.29 is 58.2 Å². The normalized spacial score (nSPS) is 17.2. The van der Waals surface area contributed by atoms with Gasteiger partial charge in [-0.2, -0.15) is 39.5 Å². The van der Waals surface area contributed by atoms with Gasteiger partial charge in [0.25, 0.3) is 0 Å². The van der Waals surface area contributed by atoms with Gasteiger partial charge in [-0.05, 0) is 77.7 Å². The van der Waals surface area contributed by atoms with Crippen LogP contribution in [0.3, 0.4) is 0 Å². The Morgan fingerprint density at radius 1 is 0.723 bits per heavy atom. The van der Waals surface area contributed by atoms with Gasteiger partial charge in [-0.25, -0.2) is 9.18 Å². The fourth-order valence-corrected chi connectivity index (χ4v) is 5.43. The van der Waals surface area contributed by atoms with Gasteiger partial charge >= 0.3 is 24.6 Å². The zero-order valence-corrected chi connectivity index (χ0v) is 24.3. The zero-order valence-electron chi connectivity index (χ0n) is 24.3. The van der Waals surface area contributed by atoms with E-state index in [9.17, 15) is 48.7 Å². The number of amides is 1. The van der Waals surface area contributed by atoms with Crippen LogP contribution in [0.1, 0.15) is 40.8 Å². The van der Waals surface area contributed by atoms with Gasteiger partial charge in [0.15, 0.2) is 0 Å². The molecule has 1 heterocycles. The molecule has 5 rings (SSSR count). The summed E-state index contributed by atoms with van der Waals surface area (Å²) < 4.78 is 148. The van der Waals surface area contributed by atoms with Crippen LogP contribution in [0.25, 0.3) is 22.3 Å². The van der Waals surface area contributed by atoms with E-state index in [0.29, 0.717) is 17.7 Å². The van der Waals surface area contributed by atoms with Crippen molar-refractivity contribution in [2.45, 2.75) is 44.1 Å². The van der Waals surface area contributed by atoms with Crippen LogP contribution < -0.4 is 4.74 Å². The van der Waals surface area contributed by atoms with Crippen molar-refractivity contribution >= 4 is 6.09 Å². The number of halogens is 10. The number of cyclic esters (lactones) is 1. The third kappa shape index (κ3) is 6.86. The Bertz CT molecular complexity index is 1780. The molecule has 1 fully saturated rings. The van der Waals surface area contributed by atoms with E-state index in [1.54, 1.807) is 12.1 Å². The second kappa shape index (κ2) is 12.1. The number of ether oxygens (including phenoxy) is 2. The lowest BCUT2D eigenvalue weighted by molar-refractivity contribution is -0.143. The summed E-state index contributed by atoms with van der Waals surface area (Å²) >= 11 is 0. The molecular weight excluding hydrogens is 648 g/mol. The number of nitrogens with zero attached hydrogens (tertiary/aromatic N) is 1. The fourth-order valence-electron chi connectivity index (χ4n) is 5.43. The number of rotatable bonds is 6. The summed E-state index contributed by atoms with van der Waals surface area (Å²) in [6.07, 6.45) is -17.9. The molecular formula is C33H23F10NO3. The van der Waals surface area contributed by atoms with Crippen LogP contribution in [-0.4, -0.2) is 24.1 Å². The number of benzene rings is 4. The van der Waals surface area contributed by atoms with Crippen molar-refractivity contribution in [3.63, 3.8) is 0 Å². The number of methoxy groups -OCH3 is 1. The summed E-state index contributed by atoms with van der Waals surface area (Å²) in [7, 11) is 1.31. The van der Waals surface area contributed by atoms with Crippen molar-refractivity contribution in [2.75, 3.05) is 7.11 Å². The van der Waals surface area contributed by atoms with Crippen molar-refractivity contribution in [2.24, 2.45) is 0 Å². The lowest BCUT2D eigenvalue weighted by Gasteiger charge is -2.24. The van der Waals surface area contributed by atoms with Crippen LogP contribution in [0.2, 0.25) is 0 Å². The molecule has 1 aliphatic rings. The van der Waals surface area contributed by atoms with Crippen LogP contribution in [0.15, 0.2) is 78.9 Å². The molecule has 0 aliphatic carbocycles. The highest BCUT2D eigenvalue weighted by atomic mass is 19.4. The summed E-state index contributed by atoms with van der Waals surface area (Å²) in [5, 5.41) is 0. The molecule has 1 saturated heterocycles. The number of hydrogen-bond acceptors (Lipinski definition) is 3. The van der Waals surface area contributed by atoms with E-state index in [1.807, 2.05) is 0 Å². The molecule has 14 heteroatoms. The summed E-state index contributed by atoms with van der Waals surface area (Å²) in [5.41, 5.74) is -4.14. The summed E-state index contributed by atoms with van der Waals surface area (Å²) in [6, 6.07) is 12.6. The molecule has 0 N–H and O–H groups in total. The van der Waals surface area contributed by atoms with Gasteiger partial charge in [-0.1, -0.05) is 30.3 Å². The second-order valence-electron chi connectivity index (χ2n) is 10.8. The molecule has 4 aromatic carbocycles. The second-order valence-corrected chi connectivity index (χ2v) is 10.8. The van der Waals surface area contributed by atoms with Gasteiger partial charge in [-0.15, -0.1) is 0 Å². The molecule has 1 aliphatic heterocycles. The molecule has 4 aromatic rings. The van der Waals surface area contributed by atoms with Gasteiger partial charge in [0.05, 0.1) is 36.4 Å². The highest BCUT2D eigenvalue weighted by Crippen LogP contribution is 2.43. The van der Waals surface area contributed by atoms with E-state index < -0.39 is 71.4 Å². The fraction of sp³-hybridized carbons (Fsp3) is 0.242. The average Bonchev–Trinajstić information content (AvgIpc) is 3.28. The Hall–Kier alpha value is -4.75. The van der Waals surface area contributed by atoms with E-state index in [0.717, 1.165) is 23.1 Å². The largest absolute Gasteiger partial charge is 0.496 e. The third-order valence-electron chi connectivity index (χ3n) is 7.78. The predicted octanol–water partition coefficient (Wildman–Crippen LogP) is 10.3. The van der Waals surface area contributed by atoms with Crippen LogP contribution >= 0.6 is 0 Å². The standard InChI is InChI=1S/C33H23F10NO3/c1-17-29(19-11-22(32(38,39)40)15-23(12-19)33(41,42)43)47-30(45)44(17)16-20-13-21(31(35,36)37)8-9-24(20)26-14-18(7-10-28(26)46-2)25-5-3-4-6-27(25)34/h3-15,17,29H,16H2,1-2H3/t17-,29-/m0/s1. The van der Waals surface area contributed by atoms with E-state index in [2.05, 4.69) is 0 Å². The molecule has 0 unspecified atom stereocenters. The van der Waals surface area contributed by atoms with Gasteiger partial charge in [0.1, 0.15) is 17.7 Å². The summed E-state index contributed by atoms with van der Waals surface area (Å²) in [4.78, 5) is 13.9. The van der Waals surface area contributed by atoms with Gasteiger partial charge in [0, 0.05) is 11.1 Å². The monoisotopic (exact) mass is 671 g/mol. The third-order valence-corrected chi connectivity index (χ3v) is 7.78. The van der Waals surface area contributed by atoms with Gasteiger partial charge in [0.2, 0.25) is 0 Å². The summed E-state index contributed by atoms with van der Waals surface area (Å²) in [6.45, 7) is 0.698. The first kappa shape index (κ1) is 33.6. The number of carbonyl (C=O) groups excluding carboxylic acids is 1. The van der Waals surface area contributed by atoms with Gasteiger partial charge < -0.3 is 9.47 Å². The molecule has 0 radical (unpaired) electrons. The Balaban J connectivity index is 1.59. The van der Waals surface area contributed by atoms with Crippen LogP contribution in [-0.2, 0) is 29.8 Å². The first-order valence-corrected chi connectivity index (χ1v) is 13.8. The highest BCUT2D eigenvalue weighted by molar-refractivity contribution is 5.80. The van der Waals surface area contributed by atoms with Crippen molar-refractivity contribution in [1.29, 1.82) is 0 Å². The molecule has 248 valence electrons. The number of carbonyl (C=O) groups is 1. The quantitative estimate of drug-likeness (QED) is 0.192. The predicted molar refractivity (Wildman–Crippen MR) is 149 cm³/mol. The molecule has 0 saturated carbocycles. The van der Waals surface area contributed by atoms with Gasteiger partial charge in [-0.3, -0.25) is 4.90 Å². The van der Waals surface area contributed by atoms with E-state index in [4.69, 9.17) is 9.47 Å². The Kier molecular flexibility index (Phi) is 8.67. The van der Waals surface area contributed by atoms with Crippen LogP contribution in [0.4, 0.5) is 48.7 Å². The molecule has 4 nitrogen and oxygen atoms in total. The molecule has 0 spiro atoms. The smallest absolute Gasteiger partial charge is 0.416 e. The lowest BCUT2D eigenvalue weighted by atomic mass is 9.92. The molecule has 2 atom stereocenters. The Morgan fingerprint density at radius 2 is 1.34 bits per heavy atom. The number of alkyl halides is 9. The molecule has 1 amide bonds. The van der Waals surface area contributed by atoms with Crippen molar-refractivity contribution in [1.82, 2.24) is 4.90 Å². The zero-order chi connectivity index (χ0) is 34.5. The minimum absolute atomic E-state index is 0.0690. The van der Waals surface area contributed by atoms with E-state index in [-0.39, 0.29) is 34.1 Å². The first-order valence-electron chi connectivity index (χ1n) is 13.8. The van der Waals surface area contributed by atoms with Crippen LogP contribution in [0.5, 0.6) is 5.75 Å². The SMILES string of the molecule is COc1ccc(-c2ccccc2F)cc1-c1ccc(C(F)(F)F)cc1CN1C(=O)O[C@H](c2cc(C(F)(F)F)cc(C(F)(F)F)c2)[C@@H]1C. The first-order chi connectivity index (χ1) is 21.9. The highest BCUT2D eigenvalue weighted by Gasteiger charge is 2.44. The Labute approximate surface area is 261 Å². The molecule has 47 heavy (non-hydrogen) atoms. The lowest BCUT2D eigenvalue weighted by Crippen LogP contribution is -2.32. The topological polar surface area (TPSA) is 38.8 Å². The van der Waals surface area contributed by atoms with Crippen LogP contribution in [0, 0.1) is 5.82 Å². The maximum atomic E-state index is 14.6. The maximum Gasteiger partial charge on any atom is 0.416 e. The van der Waals surface area contributed by atoms with E-state index >= 15 is 0 Å². The molecule has 0 aromatic heterocycles. The average molecular weight is 672 g/mol. The minimum Gasteiger partial charge on any atom is -0.496 e. The van der Waals surface area contributed by atoms with Crippen molar-refractivity contribution in [3.05, 3.63) is 112 Å². The Morgan fingerprint density at radius 3 is 1.91 bits per heavy atom. The minimum atomic E-state index is -5.16.